The number of benzene rings is 1. The molecular weight excluding hydrogens is 299 g/mol. The third-order valence-corrected chi connectivity index (χ3v) is 3.02. The second-order valence-electron chi connectivity index (χ2n) is 3.92. The van der Waals surface area contributed by atoms with E-state index in [1.807, 2.05) is 0 Å². The van der Waals surface area contributed by atoms with E-state index in [4.69, 9.17) is 10.9 Å². The van der Waals surface area contributed by atoms with Crippen LogP contribution in [0.15, 0.2) is 24.3 Å². The minimum absolute atomic E-state index is 0.137. The summed E-state index contributed by atoms with van der Waals surface area (Å²) >= 11 is 0. The Bertz CT molecular complexity index is 601. The normalized spacial score (nSPS) is 12.2. The number of hydrogen-bond donors (Lipinski definition) is 2. The fourth-order valence-electron chi connectivity index (χ4n) is 1.41. The van der Waals surface area contributed by atoms with Crippen molar-refractivity contribution in [3.8, 4) is 0 Å². The molecule has 1 aromatic carbocycles. The Morgan fingerprint density at radius 3 is 2.35 bits per heavy atom. The van der Waals surface area contributed by atoms with E-state index in [1.165, 1.54) is 18.2 Å². The molecule has 0 heterocycles. The van der Waals surface area contributed by atoms with Crippen LogP contribution in [-0.4, -0.2) is 32.8 Å². The predicted molar refractivity (Wildman–Crippen MR) is 67.2 cm³/mol. The molecule has 20 heavy (non-hydrogen) atoms. The first kappa shape index (κ1) is 16.2. The van der Waals surface area contributed by atoms with Crippen LogP contribution in [-0.2, 0) is 14.8 Å². The third kappa shape index (κ3) is 4.70. The van der Waals surface area contributed by atoms with Crippen LogP contribution in [0.25, 0.3) is 0 Å². The minimum atomic E-state index is -5.14. The van der Waals surface area contributed by atoms with Gasteiger partial charge in [0.05, 0.1) is 5.75 Å². The summed E-state index contributed by atoms with van der Waals surface area (Å²) in [5, 5.41) is 4.73. The summed E-state index contributed by atoms with van der Waals surface area (Å²) < 4.78 is 59.2. The van der Waals surface area contributed by atoms with E-state index in [0.29, 0.717) is 0 Å². The molecule has 0 atom stereocenters. The van der Waals surface area contributed by atoms with Crippen molar-refractivity contribution < 1.29 is 26.4 Å². The van der Waals surface area contributed by atoms with Gasteiger partial charge >= 0.3 is 12.1 Å². The van der Waals surface area contributed by atoms with E-state index in [2.05, 4.69) is 0 Å². The molecule has 0 unspecified atom stereocenters. The van der Waals surface area contributed by atoms with Crippen molar-refractivity contribution in [3.05, 3.63) is 24.3 Å². The quantitative estimate of drug-likeness (QED) is 0.787. The lowest BCUT2D eigenvalue weighted by Crippen LogP contribution is -2.44. The predicted octanol–water partition coefficient (Wildman–Crippen LogP) is 0.453. The number of carbonyl (C=O) groups excluding carboxylic acids is 1. The summed E-state index contributed by atoms with van der Waals surface area (Å²) in [6.07, 6.45) is -5.14. The highest BCUT2D eigenvalue weighted by Gasteiger charge is 2.43. The van der Waals surface area contributed by atoms with Crippen LogP contribution in [0.1, 0.15) is 0 Å². The first-order valence-electron chi connectivity index (χ1n) is 5.25. The lowest BCUT2D eigenvalue weighted by Gasteiger charge is -2.23. The summed E-state index contributed by atoms with van der Waals surface area (Å²) in [5.74, 6) is -2.99. The summed E-state index contributed by atoms with van der Waals surface area (Å²) in [6.45, 7) is -0.722. The lowest BCUT2D eigenvalue weighted by atomic mass is 10.2. The first-order valence-corrected chi connectivity index (χ1v) is 6.97. The molecule has 0 aliphatic carbocycles. The van der Waals surface area contributed by atoms with E-state index < -0.39 is 34.4 Å². The average Bonchev–Trinajstić information content (AvgIpc) is 2.26. The van der Waals surface area contributed by atoms with E-state index >= 15 is 0 Å². The maximum atomic E-state index is 12.5. The number of halogens is 3. The van der Waals surface area contributed by atoms with Crippen molar-refractivity contribution in [1.29, 1.82) is 0 Å². The summed E-state index contributed by atoms with van der Waals surface area (Å²) in [7, 11) is -4.01. The fourth-order valence-corrected chi connectivity index (χ4v) is 1.85. The van der Waals surface area contributed by atoms with Crippen LogP contribution >= 0.6 is 0 Å². The Kier molecular flexibility index (Phi) is 4.61. The van der Waals surface area contributed by atoms with Crippen LogP contribution in [0, 0.1) is 0 Å². The molecule has 0 fully saturated rings. The van der Waals surface area contributed by atoms with Crippen molar-refractivity contribution in [3.63, 3.8) is 0 Å². The molecule has 0 saturated carbocycles. The second kappa shape index (κ2) is 5.67. The summed E-state index contributed by atoms with van der Waals surface area (Å²) in [4.78, 5) is 11.6. The summed E-state index contributed by atoms with van der Waals surface area (Å²) in [5.41, 5.74) is 5.41. The van der Waals surface area contributed by atoms with Gasteiger partial charge in [-0.2, -0.15) is 13.2 Å². The van der Waals surface area contributed by atoms with Crippen LogP contribution in [0.3, 0.4) is 0 Å². The van der Waals surface area contributed by atoms with Gasteiger partial charge in [-0.3, -0.25) is 4.79 Å². The van der Waals surface area contributed by atoms with Crippen molar-refractivity contribution in [2.24, 2.45) is 5.14 Å². The number of nitrogen functional groups attached to an aromatic ring is 1. The van der Waals surface area contributed by atoms with Crippen LogP contribution in [0.4, 0.5) is 24.5 Å². The number of rotatable bonds is 4. The molecule has 112 valence electrons. The van der Waals surface area contributed by atoms with E-state index in [0.717, 1.165) is 6.07 Å². The zero-order valence-corrected chi connectivity index (χ0v) is 10.9. The molecule has 10 heteroatoms. The maximum absolute atomic E-state index is 12.5. The maximum Gasteiger partial charge on any atom is 0.471 e. The van der Waals surface area contributed by atoms with Gasteiger partial charge in [-0.15, -0.1) is 0 Å². The Morgan fingerprint density at radius 2 is 1.90 bits per heavy atom. The van der Waals surface area contributed by atoms with Crippen molar-refractivity contribution in [2.75, 3.05) is 22.9 Å². The number of hydrogen-bond acceptors (Lipinski definition) is 4. The first-order chi connectivity index (χ1) is 9.00. The highest BCUT2D eigenvalue weighted by atomic mass is 32.2. The summed E-state index contributed by atoms with van der Waals surface area (Å²) in [6, 6.07) is 5.10. The number of amides is 1. The Labute approximate surface area is 113 Å². The molecule has 4 N–H and O–H groups in total. The molecular formula is C10H12F3N3O3S. The van der Waals surface area contributed by atoms with Gasteiger partial charge in [-0.05, 0) is 18.2 Å². The second-order valence-corrected chi connectivity index (χ2v) is 5.65. The molecule has 1 amide bonds. The van der Waals surface area contributed by atoms with Crippen molar-refractivity contribution in [1.82, 2.24) is 0 Å². The Hall–Kier alpha value is -1.81. The zero-order chi connectivity index (χ0) is 15.6. The van der Waals surface area contributed by atoms with E-state index in [9.17, 15) is 26.4 Å². The van der Waals surface area contributed by atoms with Crippen LogP contribution < -0.4 is 15.8 Å². The van der Waals surface area contributed by atoms with Gasteiger partial charge in [0.25, 0.3) is 0 Å². The third-order valence-electron chi connectivity index (χ3n) is 2.27. The Morgan fingerprint density at radius 1 is 1.30 bits per heavy atom. The number of anilines is 2. The van der Waals surface area contributed by atoms with E-state index in [1.54, 1.807) is 0 Å². The molecule has 1 aromatic rings. The topological polar surface area (TPSA) is 106 Å². The zero-order valence-electron chi connectivity index (χ0n) is 10.1. The van der Waals surface area contributed by atoms with E-state index in [-0.39, 0.29) is 16.3 Å². The van der Waals surface area contributed by atoms with Gasteiger partial charge in [0.15, 0.2) is 0 Å². The van der Waals surface area contributed by atoms with Gasteiger partial charge in [0.1, 0.15) is 0 Å². The molecule has 1 rings (SSSR count). The van der Waals surface area contributed by atoms with Gasteiger partial charge < -0.3 is 10.6 Å². The molecule has 0 radical (unpaired) electrons. The smallest absolute Gasteiger partial charge is 0.399 e. The number of carbonyl (C=O) groups is 1. The molecule has 0 aliphatic rings. The van der Waals surface area contributed by atoms with Gasteiger partial charge in [0, 0.05) is 17.9 Å². The van der Waals surface area contributed by atoms with Crippen LogP contribution in [0.2, 0.25) is 0 Å². The molecule has 6 nitrogen and oxygen atoms in total. The lowest BCUT2D eigenvalue weighted by molar-refractivity contribution is -0.170. The molecule has 0 aliphatic heterocycles. The van der Waals surface area contributed by atoms with Gasteiger partial charge in [-0.1, -0.05) is 6.07 Å². The number of alkyl halides is 3. The average molecular weight is 311 g/mol. The largest absolute Gasteiger partial charge is 0.471 e. The van der Waals surface area contributed by atoms with Crippen LogP contribution in [0.5, 0.6) is 0 Å². The standard InChI is InChI=1S/C10H12F3N3O3S/c11-10(12,13)9(17)16(4-5-20(15,18)19)8-3-1-2-7(14)6-8/h1-3,6H,4-5,14H2,(H2,15,18,19). The van der Waals surface area contributed by atoms with Crippen molar-refractivity contribution in [2.45, 2.75) is 6.18 Å². The van der Waals surface area contributed by atoms with Gasteiger partial charge in [0.2, 0.25) is 10.0 Å². The molecule has 0 aromatic heterocycles. The highest BCUT2D eigenvalue weighted by molar-refractivity contribution is 7.89. The number of primary sulfonamides is 1. The fraction of sp³-hybridized carbons (Fsp3) is 0.300. The minimum Gasteiger partial charge on any atom is -0.399 e. The molecule has 0 spiro atoms. The number of sulfonamides is 1. The van der Waals surface area contributed by atoms with Crippen molar-refractivity contribution >= 4 is 27.3 Å². The monoisotopic (exact) mass is 311 g/mol. The SMILES string of the molecule is Nc1cccc(N(CCS(N)(=O)=O)C(=O)C(F)(F)F)c1. The molecule has 0 saturated heterocycles. The highest BCUT2D eigenvalue weighted by Crippen LogP contribution is 2.24. The molecule has 0 bridgehead atoms. The number of nitrogens with two attached hydrogens (primary N) is 2. The number of nitrogens with zero attached hydrogens (tertiary/aromatic N) is 1. The van der Waals surface area contributed by atoms with Gasteiger partial charge in [-0.25, -0.2) is 13.6 Å². The Balaban J connectivity index is 3.11.